The Morgan fingerprint density at radius 1 is 1.03 bits per heavy atom. The van der Waals surface area contributed by atoms with E-state index in [0.717, 1.165) is 5.56 Å². The predicted octanol–water partition coefficient (Wildman–Crippen LogP) is 3.03. The van der Waals surface area contributed by atoms with E-state index in [0.29, 0.717) is 11.3 Å². The molecule has 0 saturated carbocycles. The van der Waals surface area contributed by atoms with E-state index in [2.05, 4.69) is 5.32 Å². The topological polar surface area (TPSA) is 126 Å². The van der Waals surface area contributed by atoms with Gasteiger partial charge in [0.25, 0.3) is 11.6 Å². The van der Waals surface area contributed by atoms with Gasteiger partial charge in [-0.25, -0.2) is 4.79 Å². The Bertz CT molecular complexity index is 962. The number of nitro groups is 1. The second-order valence-corrected chi connectivity index (χ2v) is 6.20. The lowest BCUT2D eigenvalue weighted by Gasteiger charge is -2.14. The number of amides is 1. The average molecular weight is 418 g/mol. The molecule has 0 atom stereocenters. The highest BCUT2D eigenvalue weighted by Gasteiger charge is 2.21. The number of carbonyl (C=O) groups is 2. The molecule has 10 heteroatoms. The van der Waals surface area contributed by atoms with Crippen molar-refractivity contribution in [3.8, 4) is 17.2 Å². The minimum Gasteiger partial charge on any atom is -0.493 e. The number of hydrogen-bond acceptors (Lipinski definition) is 8. The first-order valence-electron chi connectivity index (χ1n) is 8.75. The predicted molar refractivity (Wildman–Crippen MR) is 108 cm³/mol. The monoisotopic (exact) mass is 418 g/mol. The fourth-order valence-electron chi connectivity index (χ4n) is 2.70. The van der Waals surface area contributed by atoms with Crippen molar-refractivity contribution < 1.29 is 33.5 Å². The largest absolute Gasteiger partial charge is 0.493 e. The fraction of sp³-hybridized carbons (Fsp3) is 0.300. The number of aryl methyl sites for hydroxylation is 1. The van der Waals surface area contributed by atoms with Crippen molar-refractivity contribution in [2.24, 2.45) is 0 Å². The van der Waals surface area contributed by atoms with Gasteiger partial charge >= 0.3 is 5.97 Å². The van der Waals surface area contributed by atoms with Crippen molar-refractivity contribution in [2.75, 3.05) is 33.3 Å². The van der Waals surface area contributed by atoms with E-state index in [1.807, 2.05) is 0 Å². The van der Waals surface area contributed by atoms with Crippen molar-refractivity contribution in [2.45, 2.75) is 13.8 Å². The van der Waals surface area contributed by atoms with E-state index in [1.165, 1.54) is 39.5 Å². The van der Waals surface area contributed by atoms with Gasteiger partial charge in [0.15, 0.2) is 18.1 Å². The van der Waals surface area contributed by atoms with Crippen LogP contribution in [-0.2, 0) is 9.53 Å². The SMILES string of the molecule is COc1cc(C(=O)OCC(=O)Nc2c([N+](=O)[O-])ccc(C)c2C)cc(OC)c1OC. The van der Waals surface area contributed by atoms with Crippen LogP contribution in [0.25, 0.3) is 0 Å². The summed E-state index contributed by atoms with van der Waals surface area (Å²) in [4.78, 5) is 35.3. The highest BCUT2D eigenvalue weighted by atomic mass is 16.6. The van der Waals surface area contributed by atoms with Crippen molar-refractivity contribution in [3.63, 3.8) is 0 Å². The number of nitrogens with zero attached hydrogens (tertiary/aromatic N) is 1. The second-order valence-electron chi connectivity index (χ2n) is 6.20. The van der Waals surface area contributed by atoms with Crippen molar-refractivity contribution in [1.82, 2.24) is 0 Å². The molecule has 0 aromatic heterocycles. The number of nitro benzene ring substituents is 1. The molecule has 0 heterocycles. The van der Waals surface area contributed by atoms with Crippen LogP contribution in [0.1, 0.15) is 21.5 Å². The van der Waals surface area contributed by atoms with Crippen LogP contribution in [0.4, 0.5) is 11.4 Å². The zero-order valence-corrected chi connectivity index (χ0v) is 17.2. The number of ether oxygens (including phenoxy) is 4. The molecular formula is C20H22N2O8. The number of carbonyl (C=O) groups excluding carboxylic acids is 2. The van der Waals surface area contributed by atoms with Gasteiger partial charge in [0.05, 0.1) is 31.8 Å². The Morgan fingerprint density at radius 3 is 2.13 bits per heavy atom. The molecule has 1 amide bonds. The molecule has 0 unspecified atom stereocenters. The second kappa shape index (κ2) is 9.59. The molecule has 0 saturated heterocycles. The Labute approximate surface area is 172 Å². The normalized spacial score (nSPS) is 10.2. The average Bonchev–Trinajstić information content (AvgIpc) is 2.73. The zero-order valence-electron chi connectivity index (χ0n) is 17.2. The Hall–Kier alpha value is -3.82. The molecule has 0 spiro atoms. The minimum atomic E-state index is -0.806. The van der Waals surface area contributed by atoms with Gasteiger partial charge < -0.3 is 24.3 Å². The summed E-state index contributed by atoms with van der Waals surface area (Å²) in [6.45, 7) is 2.78. The number of esters is 1. The number of anilines is 1. The molecule has 1 N–H and O–H groups in total. The number of hydrogen-bond donors (Lipinski definition) is 1. The Morgan fingerprint density at radius 2 is 1.63 bits per heavy atom. The van der Waals surface area contributed by atoms with Crippen LogP contribution in [-0.4, -0.2) is 44.7 Å². The van der Waals surface area contributed by atoms with E-state index < -0.39 is 23.4 Å². The molecule has 0 bridgehead atoms. The van der Waals surface area contributed by atoms with E-state index in [1.54, 1.807) is 19.9 Å². The molecule has 2 aromatic rings. The summed E-state index contributed by atoms with van der Waals surface area (Å²) in [6.07, 6.45) is 0. The van der Waals surface area contributed by atoms with Crippen LogP contribution < -0.4 is 19.5 Å². The summed E-state index contributed by atoms with van der Waals surface area (Å²) in [7, 11) is 4.23. The summed E-state index contributed by atoms with van der Waals surface area (Å²) in [6, 6.07) is 5.67. The first-order chi connectivity index (χ1) is 14.2. The molecule has 2 aromatic carbocycles. The van der Waals surface area contributed by atoms with Gasteiger partial charge in [-0.05, 0) is 37.1 Å². The first kappa shape index (κ1) is 22.5. The molecule has 0 aliphatic carbocycles. The van der Waals surface area contributed by atoms with Gasteiger partial charge in [-0.1, -0.05) is 6.07 Å². The fourth-order valence-corrected chi connectivity index (χ4v) is 2.70. The molecule has 10 nitrogen and oxygen atoms in total. The van der Waals surface area contributed by atoms with Crippen LogP contribution in [0.2, 0.25) is 0 Å². The third-order valence-corrected chi connectivity index (χ3v) is 4.41. The number of benzene rings is 2. The van der Waals surface area contributed by atoms with Gasteiger partial charge in [-0.3, -0.25) is 14.9 Å². The standard InChI is InChI=1S/C20H22N2O8/c1-11-6-7-14(22(25)26)18(12(11)2)21-17(23)10-30-20(24)13-8-15(27-3)19(29-5)16(9-13)28-4/h6-9H,10H2,1-5H3,(H,21,23). The van der Waals surface area contributed by atoms with Gasteiger partial charge in [0.1, 0.15) is 5.69 Å². The summed E-state index contributed by atoms with van der Waals surface area (Å²) >= 11 is 0. The van der Waals surface area contributed by atoms with Crippen LogP contribution in [0.15, 0.2) is 24.3 Å². The van der Waals surface area contributed by atoms with Gasteiger partial charge in [0, 0.05) is 6.07 Å². The lowest BCUT2D eigenvalue weighted by Crippen LogP contribution is -2.22. The molecule has 0 aliphatic heterocycles. The maximum atomic E-state index is 12.4. The molecule has 0 fully saturated rings. The molecule has 30 heavy (non-hydrogen) atoms. The summed E-state index contributed by atoms with van der Waals surface area (Å²) < 4.78 is 20.6. The van der Waals surface area contributed by atoms with E-state index in [-0.39, 0.29) is 28.4 Å². The van der Waals surface area contributed by atoms with Crippen LogP contribution in [0, 0.1) is 24.0 Å². The maximum absolute atomic E-state index is 12.4. The van der Waals surface area contributed by atoms with Crippen LogP contribution >= 0.6 is 0 Å². The number of nitrogens with one attached hydrogen (secondary N) is 1. The minimum absolute atomic E-state index is 0.0637. The van der Waals surface area contributed by atoms with Gasteiger partial charge in [-0.2, -0.15) is 0 Å². The summed E-state index contributed by atoms with van der Waals surface area (Å²) in [5, 5.41) is 13.7. The summed E-state index contributed by atoms with van der Waals surface area (Å²) in [5.41, 5.74) is 1.21. The van der Waals surface area contributed by atoms with E-state index in [4.69, 9.17) is 18.9 Å². The maximum Gasteiger partial charge on any atom is 0.338 e. The van der Waals surface area contributed by atoms with E-state index in [9.17, 15) is 19.7 Å². The van der Waals surface area contributed by atoms with Crippen molar-refractivity contribution in [3.05, 3.63) is 51.1 Å². The summed E-state index contributed by atoms with van der Waals surface area (Å²) in [5.74, 6) is -0.720. The van der Waals surface area contributed by atoms with Gasteiger partial charge in [-0.15, -0.1) is 0 Å². The first-order valence-corrected chi connectivity index (χ1v) is 8.75. The van der Waals surface area contributed by atoms with Crippen molar-refractivity contribution >= 4 is 23.3 Å². The number of methoxy groups -OCH3 is 3. The molecule has 2 rings (SSSR count). The molecule has 0 aliphatic rings. The third-order valence-electron chi connectivity index (χ3n) is 4.41. The molecular weight excluding hydrogens is 396 g/mol. The van der Waals surface area contributed by atoms with Crippen molar-refractivity contribution in [1.29, 1.82) is 0 Å². The Kier molecular flexibility index (Phi) is 7.18. The van der Waals surface area contributed by atoms with Crippen LogP contribution in [0.5, 0.6) is 17.2 Å². The molecule has 0 radical (unpaired) electrons. The van der Waals surface area contributed by atoms with Gasteiger partial charge in [0.2, 0.25) is 5.75 Å². The van der Waals surface area contributed by atoms with Crippen LogP contribution in [0.3, 0.4) is 0 Å². The smallest absolute Gasteiger partial charge is 0.338 e. The van der Waals surface area contributed by atoms with E-state index >= 15 is 0 Å². The quantitative estimate of drug-likeness (QED) is 0.394. The highest BCUT2D eigenvalue weighted by molar-refractivity contribution is 5.98. The highest BCUT2D eigenvalue weighted by Crippen LogP contribution is 2.38. The number of rotatable bonds is 8. The lowest BCUT2D eigenvalue weighted by atomic mass is 10.1. The molecule has 160 valence electrons. The lowest BCUT2D eigenvalue weighted by molar-refractivity contribution is -0.384. The third kappa shape index (κ3) is 4.77. The zero-order chi connectivity index (χ0) is 22.4. The Balaban J connectivity index is 2.15.